The van der Waals surface area contributed by atoms with Crippen LogP contribution in [0.25, 0.3) is 22.3 Å². The van der Waals surface area contributed by atoms with Gasteiger partial charge < -0.3 is 40.2 Å². The first-order valence-electron chi connectivity index (χ1n) is 19.0. The third-order valence-corrected chi connectivity index (χ3v) is 11.7. The van der Waals surface area contributed by atoms with Crippen molar-refractivity contribution in [3.8, 4) is 22.9 Å². The number of anilines is 1. The van der Waals surface area contributed by atoms with Crippen LogP contribution in [0.4, 0.5) is 9.93 Å². The van der Waals surface area contributed by atoms with Crippen molar-refractivity contribution in [2.75, 3.05) is 25.5 Å². The van der Waals surface area contributed by atoms with Crippen molar-refractivity contribution < 1.29 is 38.5 Å². The highest BCUT2D eigenvalue weighted by atomic mass is 32.1. The van der Waals surface area contributed by atoms with Crippen LogP contribution in [-0.4, -0.2) is 93.9 Å². The van der Waals surface area contributed by atoms with Crippen LogP contribution in [0.3, 0.4) is 0 Å². The highest BCUT2D eigenvalue weighted by Gasteiger charge is 2.61. The fourth-order valence-electron chi connectivity index (χ4n) is 7.82. The van der Waals surface area contributed by atoms with Gasteiger partial charge in [-0.1, -0.05) is 25.0 Å². The maximum atomic E-state index is 14.5. The number of carboxylic acid groups (broad SMARTS) is 1. The lowest BCUT2D eigenvalue weighted by molar-refractivity contribution is -0.145. The van der Waals surface area contributed by atoms with E-state index in [4.69, 9.17) is 24.2 Å². The zero-order valence-electron chi connectivity index (χ0n) is 30.7. The molecule has 2 aliphatic carbocycles. The van der Waals surface area contributed by atoms with Gasteiger partial charge in [-0.05, 0) is 70.4 Å². The monoisotopic (exact) mass is 760 g/mol. The summed E-state index contributed by atoms with van der Waals surface area (Å²) in [6, 6.07) is 5.30. The number of nitrogens with zero attached hydrogens (tertiary/aromatic N) is 3. The Morgan fingerprint density at radius 3 is 2.65 bits per heavy atom. The van der Waals surface area contributed by atoms with Gasteiger partial charge in [0.1, 0.15) is 47.0 Å². The molecule has 15 heteroatoms. The zero-order valence-corrected chi connectivity index (χ0v) is 31.5. The van der Waals surface area contributed by atoms with E-state index in [2.05, 4.69) is 16.0 Å². The number of rotatable bonds is 9. The average Bonchev–Trinajstić information content (AvgIpc) is 3.59. The molecule has 4 aliphatic rings. The van der Waals surface area contributed by atoms with Crippen molar-refractivity contribution in [3.05, 3.63) is 41.8 Å². The Bertz CT molecular complexity index is 1910. The van der Waals surface area contributed by atoms with Gasteiger partial charge in [0.05, 0.1) is 24.9 Å². The van der Waals surface area contributed by atoms with Gasteiger partial charge in [-0.3, -0.25) is 9.59 Å². The molecule has 2 aromatic heterocycles. The third kappa shape index (κ3) is 8.10. The maximum absolute atomic E-state index is 14.5. The zero-order chi connectivity index (χ0) is 37.8. The van der Waals surface area contributed by atoms with Gasteiger partial charge in [0.15, 0.2) is 5.13 Å². The van der Waals surface area contributed by atoms with Crippen molar-refractivity contribution in [1.29, 1.82) is 0 Å². The van der Waals surface area contributed by atoms with E-state index in [9.17, 15) is 24.3 Å². The van der Waals surface area contributed by atoms with Gasteiger partial charge in [0.2, 0.25) is 11.8 Å². The van der Waals surface area contributed by atoms with Crippen molar-refractivity contribution in [2.24, 2.45) is 5.92 Å². The van der Waals surface area contributed by atoms with E-state index in [1.807, 2.05) is 48.7 Å². The molecule has 3 aromatic rings. The van der Waals surface area contributed by atoms with E-state index in [0.29, 0.717) is 46.6 Å². The second-order valence-electron chi connectivity index (χ2n) is 14.6. The molecule has 0 unspecified atom stereocenters. The van der Waals surface area contributed by atoms with Crippen molar-refractivity contribution in [3.63, 3.8) is 0 Å². The molecule has 3 fully saturated rings. The molecule has 4 heterocycles. The van der Waals surface area contributed by atoms with Gasteiger partial charge in [-0.2, -0.15) is 0 Å². The van der Waals surface area contributed by atoms with Gasteiger partial charge >= 0.3 is 12.1 Å². The fourth-order valence-corrected chi connectivity index (χ4v) is 8.59. The van der Waals surface area contributed by atoms with Crippen LogP contribution in [-0.2, 0) is 19.1 Å². The summed E-state index contributed by atoms with van der Waals surface area (Å²) in [5.41, 5.74) is 0.403. The van der Waals surface area contributed by atoms with Gasteiger partial charge in [0, 0.05) is 41.8 Å². The number of aliphatic carboxylic acids is 1. The summed E-state index contributed by atoms with van der Waals surface area (Å²) >= 11 is 1.47. The first kappa shape index (κ1) is 37.4. The number of pyridine rings is 1. The molecule has 1 saturated heterocycles. The van der Waals surface area contributed by atoms with E-state index in [1.54, 1.807) is 7.11 Å². The highest BCUT2D eigenvalue weighted by Crippen LogP contribution is 2.45. The van der Waals surface area contributed by atoms with E-state index < -0.39 is 47.6 Å². The molecule has 0 spiro atoms. The van der Waals surface area contributed by atoms with E-state index in [0.717, 1.165) is 56.6 Å². The predicted octanol–water partition coefficient (Wildman–Crippen LogP) is 5.66. The van der Waals surface area contributed by atoms with E-state index >= 15 is 0 Å². The number of methoxy groups -OCH3 is 1. The predicted molar refractivity (Wildman–Crippen MR) is 203 cm³/mol. The molecule has 0 bridgehead atoms. The molecule has 54 heavy (non-hydrogen) atoms. The standard InChI is InChI=1S/C39H48N6O8S/c1-3-40-37-42-31(22-54-37)30-19-33(27-16-15-25(51-2)17-29(27)41-30)52-26-18-32-34(46)44-39(36(48)49)20-23(39)11-7-5-4-6-8-14-28(35(47)45(32)21-26)43-38(50)53-24-12-9-10-13-24/h7,11,15-17,19,22-24,26,28,32H,3-6,8-10,12-14,18,20-21H2,1-2H3,(H,40,42)(H,43,50)(H,44,46)(H,48,49)/b11-7-/t23-,26+,28-,32-,39+/m0/s1. The molecule has 288 valence electrons. The Balaban J connectivity index is 1.20. The highest BCUT2D eigenvalue weighted by molar-refractivity contribution is 7.14. The topological polar surface area (TPSA) is 181 Å². The molecule has 5 atom stereocenters. The summed E-state index contributed by atoms with van der Waals surface area (Å²) in [7, 11) is 1.58. The lowest BCUT2D eigenvalue weighted by atomic mass is 10.0. The maximum Gasteiger partial charge on any atom is 0.408 e. The molecule has 4 N–H and O–H groups in total. The largest absolute Gasteiger partial charge is 0.497 e. The molecule has 2 saturated carbocycles. The first-order chi connectivity index (χ1) is 26.2. The third-order valence-electron chi connectivity index (χ3n) is 10.9. The number of benzene rings is 1. The number of thiazole rings is 1. The van der Waals surface area contributed by atoms with E-state index in [1.165, 1.54) is 16.2 Å². The quantitative estimate of drug-likeness (QED) is 0.198. The second kappa shape index (κ2) is 16.2. The lowest BCUT2D eigenvalue weighted by Crippen LogP contribution is -2.56. The second-order valence-corrected chi connectivity index (χ2v) is 15.4. The van der Waals surface area contributed by atoms with Crippen LogP contribution < -0.4 is 25.4 Å². The van der Waals surface area contributed by atoms with Crippen LogP contribution >= 0.6 is 11.3 Å². The number of hydrogen-bond donors (Lipinski definition) is 4. The smallest absolute Gasteiger partial charge is 0.408 e. The van der Waals surface area contributed by atoms with Gasteiger partial charge in [-0.15, -0.1) is 11.3 Å². The Morgan fingerprint density at radius 2 is 1.87 bits per heavy atom. The van der Waals surface area contributed by atoms with Crippen molar-refractivity contribution >= 4 is 51.2 Å². The average molecular weight is 761 g/mol. The number of amides is 3. The Hall–Kier alpha value is -4.92. The number of allylic oxidation sites excluding steroid dienone is 1. The van der Waals surface area contributed by atoms with Crippen LogP contribution in [0.2, 0.25) is 0 Å². The lowest BCUT2D eigenvalue weighted by Gasteiger charge is -2.29. The molecule has 7 rings (SSSR count). The first-order valence-corrected chi connectivity index (χ1v) is 19.9. The number of nitrogens with one attached hydrogen (secondary N) is 3. The molecule has 2 aliphatic heterocycles. The summed E-state index contributed by atoms with van der Waals surface area (Å²) in [4.78, 5) is 65.4. The number of alkyl carbamates (subject to hydrolysis) is 1. The number of fused-ring (bicyclic) bond motifs is 3. The number of ether oxygens (including phenoxy) is 3. The number of carbonyl (C=O) groups excluding carboxylic acids is 3. The molecular formula is C39H48N6O8S. The summed E-state index contributed by atoms with van der Waals surface area (Å²) in [5, 5.41) is 22.5. The number of hydrogen-bond acceptors (Lipinski definition) is 11. The van der Waals surface area contributed by atoms with E-state index in [-0.39, 0.29) is 31.4 Å². The summed E-state index contributed by atoms with van der Waals surface area (Å²) in [5.74, 6) is -1.36. The SMILES string of the molecule is CCNc1nc(-c2cc(O[C@@H]3C[C@H]4C(=O)N[C@]5(C(=O)O)C[C@@H]5/C=C\CCCCC[C@H](NC(=O)OC5CCCC5)C(=O)N4C3)c3ccc(OC)cc3n2)cs1. The van der Waals surface area contributed by atoms with Crippen LogP contribution in [0.5, 0.6) is 11.5 Å². The number of aromatic nitrogens is 2. The summed E-state index contributed by atoms with van der Waals surface area (Å²) in [6.07, 6.45) is 9.73. The molecule has 14 nitrogen and oxygen atoms in total. The minimum absolute atomic E-state index is 0.0345. The number of carboxylic acids is 1. The van der Waals surface area contributed by atoms with Crippen LogP contribution in [0.15, 0.2) is 41.8 Å². The minimum Gasteiger partial charge on any atom is -0.497 e. The van der Waals surface area contributed by atoms with Crippen molar-refractivity contribution in [1.82, 2.24) is 25.5 Å². The van der Waals surface area contributed by atoms with Crippen LogP contribution in [0.1, 0.15) is 77.6 Å². The fraction of sp³-hybridized carbons (Fsp3) is 0.538. The Kier molecular flexibility index (Phi) is 11.2. The Labute approximate surface area is 318 Å². The van der Waals surface area contributed by atoms with Crippen LogP contribution in [0, 0.1) is 5.92 Å². The van der Waals surface area contributed by atoms with Gasteiger partial charge in [-0.25, -0.2) is 19.6 Å². The Morgan fingerprint density at radius 1 is 1.06 bits per heavy atom. The molecule has 1 aromatic carbocycles. The molecule has 0 radical (unpaired) electrons. The summed E-state index contributed by atoms with van der Waals surface area (Å²) in [6.45, 7) is 2.75. The molecule has 3 amide bonds. The summed E-state index contributed by atoms with van der Waals surface area (Å²) < 4.78 is 17.9. The number of carbonyl (C=O) groups is 4. The molecular weight excluding hydrogens is 713 g/mol. The van der Waals surface area contributed by atoms with Gasteiger partial charge in [0.25, 0.3) is 0 Å². The van der Waals surface area contributed by atoms with Crippen molar-refractivity contribution in [2.45, 2.75) is 107 Å². The normalized spacial score (nSPS) is 26.8. The minimum atomic E-state index is -1.45.